The van der Waals surface area contributed by atoms with Gasteiger partial charge in [0, 0.05) is 11.9 Å². The van der Waals surface area contributed by atoms with E-state index in [1.807, 2.05) is 25.1 Å². The minimum Gasteiger partial charge on any atom is -0.339 e. The van der Waals surface area contributed by atoms with Crippen LogP contribution in [0.5, 0.6) is 0 Å². The zero-order valence-electron chi connectivity index (χ0n) is 11.4. The molecule has 2 rings (SSSR count). The lowest BCUT2D eigenvalue weighted by atomic mass is 10.0. The van der Waals surface area contributed by atoms with Gasteiger partial charge in [-0.3, -0.25) is 0 Å². The highest BCUT2D eigenvalue weighted by molar-refractivity contribution is 5.64. The van der Waals surface area contributed by atoms with Crippen molar-refractivity contribution in [2.24, 2.45) is 0 Å². The minimum absolute atomic E-state index is 0.515. The third kappa shape index (κ3) is 2.92. The number of anilines is 2. The van der Waals surface area contributed by atoms with Gasteiger partial charge in [-0.2, -0.15) is 5.26 Å². The molecule has 0 aliphatic heterocycles. The first-order valence-corrected chi connectivity index (χ1v) is 6.34. The van der Waals surface area contributed by atoms with E-state index >= 15 is 0 Å². The van der Waals surface area contributed by atoms with Crippen LogP contribution in [-0.2, 0) is 0 Å². The Balaban J connectivity index is 2.27. The Hall–Kier alpha value is -2.34. The van der Waals surface area contributed by atoms with Crippen LogP contribution in [0, 0.1) is 18.3 Å². The Morgan fingerprint density at radius 3 is 2.42 bits per heavy atom. The molecule has 1 heterocycles. The third-order valence-electron chi connectivity index (χ3n) is 3.11. The average molecular weight is 251 g/mol. The molecule has 0 saturated heterocycles. The highest BCUT2D eigenvalue weighted by Gasteiger charge is 2.07. The van der Waals surface area contributed by atoms with E-state index in [9.17, 15) is 0 Å². The van der Waals surface area contributed by atoms with Crippen LogP contribution in [0.2, 0.25) is 0 Å². The van der Waals surface area contributed by atoms with Crippen LogP contribution >= 0.6 is 0 Å². The number of nitriles is 1. The number of nitrogens with one attached hydrogen (secondary N) is 1. The molecule has 0 saturated carbocycles. The quantitative estimate of drug-likeness (QED) is 0.892. The van der Waals surface area contributed by atoms with Crippen LogP contribution in [0.4, 0.5) is 11.5 Å². The highest BCUT2D eigenvalue weighted by atomic mass is 15.0. The summed E-state index contributed by atoms with van der Waals surface area (Å²) < 4.78 is 0. The Morgan fingerprint density at radius 2 is 1.84 bits per heavy atom. The zero-order chi connectivity index (χ0) is 13.8. The van der Waals surface area contributed by atoms with Crippen molar-refractivity contribution < 1.29 is 0 Å². The number of rotatable bonds is 3. The first kappa shape index (κ1) is 13.1. The molecule has 1 aromatic heterocycles. The van der Waals surface area contributed by atoms with E-state index in [0.29, 0.717) is 17.3 Å². The summed E-state index contributed by atoms with van der Waals surface area (Å²) in [5.74, 6) is 1.13. The van der Waals surface area contributed by atoms with Crippen LogP contribution in [0.25, 0.3) is 0 Å². The summed E-state index contributed by atoms with van der Waals surface area (Å²) in [6, 6.07) is 12.2. The van der Waals surface area contributed by atoms with Crippen LogP contribution in [-0.4, -0.2) is 4.98 Å². The molecule has 0 spiro atoms. The second-order valence-electron chi connectivity index (χ2n) is 4.86. The molecule has 96 valence electrons. The van der Waals surface area contributed by atoms with Crippen molar-refractivity contribution in [3.05, 3.63) is 53.2 Å². The van der Waals surface area contributed by atoms with E-state index in [-0.39, 0.29) is 0 Å². The first-order valence-electron chi connectivity index (χ1n) is 6.34. The van der Waals surface area contributed by atoms with Crippen LogP contribution < -0.4 is 5.32 Å². The molecule has 0 atom stereocenters. The van der Waals surface area contributed by atoms with Gasteiger partial charge < -0.3 is 5.32 Å². The summed E-state index contributed by atoms with van der Waals surface area (Å²) in [6.07, 6.45) is 1.71. The molecule has 0 radical (unpaired) electrons. The van der Waals surface area contributed by atoms with Gasteiger partial charge in [0.05, 0.1) is 5.56 Å². The molecule has 0 bridgehead atoms. The molecule has 0 amide bonds. The Bertz CT molecular complexity index is 607. The number of nitrogens with zero attached hydrogens (tertiary/aromatic N) is 2. The molecule has 1 aromatic carbocycles. The summed E-state index contributed by atoms with van der Waals surface area (Å²) in [5.41, 5.74) is 3.76. The maximum atomic E-state index is 9.16. The van der Waals surface area contributed by atoms with Crippen molar-refractivity contribution in [1.82, 2.24) is 4.98 Å². The fourth-order valence-electron chi connectivity index (χ4n) is 1.88. The number of pyridine rings is 1. The molecule has 2 aromatic rings. The van der Waals surface area contributed by atoms with Gasteiger partial charge in [0.25, 0.3) is 0 Å². The maximum Gasteiger partial charge on any atom is 0.148 e. The Kier molecular flexibility index (Phi) is 3.82. The van der Waals surface area contributed by atoms with Crippen molar-refractivity contribution >= 4 is 11.5 Å². The fourth-order valence-corrected chi connectivity index (χ4v) is 1.88. The second kappa shape index (κ2) is 5.53. The zero-order valence-corrected chi connectivity index (χ0v) is 11.4. The van der Waals surface area contributed by atoms with Crippen LogP contribution in [0.15, 0.2) is 36.5 Å². The molecule has 3 nitrogen and oxygen atoms in total. The van der Waals surface area contributed by atoms with Crippen molar-refractivity contribution in [2.45, 2.75) is 26.7 Å². The van der Waals surface area contributed by atoms with E-state index in [4.69, 9.17) is 5.26 Å². The number of benzene rings is 1. The van der Waals surface area contributed by atoms with Crippen molar-refractivity contribution in [3.8, 4) is 6.07 Å². The summed E-state index contributed by atoms with van der Waals surface area (Å²) in [5, 5.41) is 12.4. The molecule has 19 heavy (non-hydrogen) atoms. The van der Waals surface area contributed by atoms with Crippen molar-refractivity contribution in [3.63, 3.8) is 0 Å². The maximum absolute atomic E-state index is 9.16. The van der Waals surface area contributed by atoms with Gasteiger partial charge in [0.1, 0.15) is 11.9 Å². The number of hydrogen-bond acceptors (Lipinski definition) is 3. The van der Waals surface area contributed by atoms with Crippen molar-refractivity contribution in [1.29, 1.82) is 5.26 Å². The first-order chi connectivity index (χ1) is 9.11. The molecular formula is C16H17N3. The van der Waals surface area contributed by atoms with Gasteiger partial charge in [0.15, 0.2) is 0 Å². The van der Waals surface area contributed by atoms with Gasteiger partial charge in [-0.25, -0.2) is 4.98 Å². The highest BCUT2D eigenvalue weighted by Crippen LogP contribution is 2.22. The van der Waals surface area contributed by atoms with E-state index in [0.717, 1.165) is 11.3 Å². The lowest BCUT2D eigenvalue weighted by Gasteiger charge is -2.10. The largest absolute Gasteiger partial charge is 0.339 e. The smallest absolute Gasteiger partial charge is 0.148 e. The van der Waals surface area contributed by atoms with Gasteiger partial charge in [0.2, 0.25) is 0 Å². The molecule has 0 aliphatic carbocycles. The molecule has 0 aliphatic rings. The molecule has 0 fully saturated rings. The fraction of sp³-hybridized carbons (Fsp3) is 0.250. The van der Waals surface area contributed by atoms with Crippen LogP contribution in [0.3, 0.4) is 0 Å². The molecular weight excluding hydrogens is 234 g/mol. The van der Waals surface area contributed by atoms with Gasteiger partial charge in [-0.1, -0.05) is 26.0 Å². The molecule has 0 unspecified atom stereocenters. The lowest BCUT2D eigenvalue weighted by molar-refractivity contribution is 0.867. The molecule has 1 N–H and O–H groups in total. The van der Waals surface area contributed by atoms with E-state index in [1.54, 1.807) is 6.20 Å². The van der Waals surface area contributed by atoms with E-state index in [2.05, 4.69) is 42.4 Å². The lowest BCUT2D eigenvalue weighted by Crippen LogP contribution is -1.98. The third-order valence-corrected chi connectivity index (χ3v) is 3.11. The second-order valence-corrected chi connectivity index (χ2v) is 4.86. The SMILES string of the molecule is Cc1ccnc(Nc2ccc(C(C)C)cc2)c1C#N. The van der Waals surface area contributed by atoms with Crippen LogP contribution in [0.1, 0.15) is 36.5 Å². The standard InChI is InChI=1S/C16H17N3/c1-11(2)13-4-6-14(7-5-13)19-16-15(10-17)12(3)8-9-18-16/h4-9,11H,1-3H3,(H,18,19). The minimum atomic E-state index is 0.515. The van der Waals surface area contributed by atoms with E-state index in [1.165, 1.54) is 5.56 Å². The predicted molar refractivity (Wildman–Crippen MR) is 77.5 cm³/mol. The summed E-state index contributed by atoms with van der Waals surface area (Å²) >= 11 is 0. The summed E-state index contributed by atoms with van der Waals surface area (Å²) in [6.45, 7) is 6.24. The van der Waals surface area contributed by atoms with Gasteiger partial charge in [-0.05, 0) is 42.2 Å². The molecule has 3 heteroatoms. The summed E-state index contributed by atoms with van der Waals surface area (Å²) in [7, 11) is 0. The number of aromatic nitrogens is 1. The predicted octanol–water partition coefficient (Wildman–Crippen LogP) is 4.13. The topological polar surface area (TPSA) is 48.7 Å². The van der Waals surface area contributed by atoms with Gasteiger partial charge in [-0.15, -0.1) is 0 Å². The van der Waals surface area contributed by atoms with E-state index < -0.39 is 0 Å². The Labute approximate surface area is 113 Å². The summed E-state index contributed by atoms with van der Waals surface area (Å²) in [4.78, 5) is 4.23. The monoisotopic (exact) mass is 251 g/mol. The normalized spacial score (nSPS) is 10.3. The number of hydrogen-bond donors (Lipinski definition) is 1. The average Bonchev–Trinajstić information content (AvgIpc) is 2.39. The van der Waals surface area contributed by atoms with Crippen molar-refractivity contribution in [2.75, 3.05) is 5.32 Å². The van der Waals surface area contributed by atoms with Gasteiger partial charge >= 0.3 is 0 Å². The number of aryl methyl sites for hydroxylation is 1. The Morgan fingerprint density at radius 1 is 1.16 bits per heavy atom.